The predicted octanol–water partition coefficient (Wildman–Crippen LogP) is 3.80. The summed E-state index contributed by atoms with van der Waals surface area (Å²) in [7, 11) is 5.34. The molecule has 1 aromatic heterocycles. The van der Waals surface area contributed by atoms with E-state index in [0.717, 1.165) is 50.0 Å². The number of piperazine rings is 1. The van der Waals surface area contributed by atoms with Gasteiger partial charge in [-0.2, -0.15) is 0 Å². The number of amides is 2. The molecule has 0 atom stereocenters. The Morgan fingerprint density at radius 3 is 2.40 bits per heavy atom. The number of likely N-dealkylation sites (N-methyl/N-ethyl adjacent to an activating group) is 1. The van der Waals surface area contributed by atoms with Crippen LogP contribution < -0.4 is 24.8 Å². The van der Waals surface area contributed by atoms with Crippen LogP contribution in [0.15, 0.2) is 48.7 Å². The van der Waals surface area contributed by atoms with E-state index in [-0.39, 0.29) is 6.03 Å². The van der Waals surface area contributed by atoms with E-state index >= 15 is 0 Å². The molecule has 0 spiro atoms. The molecule has 0 unspecified atom stereocenters. The van der Waals surface area contributed by atoms with Crippen molar-refractivity contribution in [2.75, 3.05) is 65.9 Å². The average Bonchev–Trinajstić information content (AvgIpc) is 2.88. The molecule has 1 saturated heterocycles. The number of fused-ring (bicyclic) bond motifs is 1. The monoisotopic (exact) mass is 479 g/mol. The third-order valence-electron chi connectivity index (χ3n) is 6.08. The molecule has 2 N–H and O–H groups in total. The molecule has 35 heavy (non-hydrogen) atoms. The van der Waals surface area contributed by atoms with E-state index in [2.05, 4.69) is 32.5 Å². The average molecular weight is 480 g/mol. The van der Waals surface area contributed by atoms with Crippen LogP contribution in [0.3, 0.4) is 0 Å². The van der Waals surface area contributed by atoms with E-state index in [0.29, 0.717) is 35.2 Å². The lowest BCUT2D eigenvalue weighted by Crippen LogP contribution is -2.45. The molecule has 1 aliphatic heterocycles. The van der Waals surface area contributed by atoms with Crippen molar-refractivity contribution in [1.29, 1.82) is 0 Å². The molecule has 1 fully saturated rings. The number of ether oxygens (including phenoxy) is 3. The molecular formula is C26H33N5O4. The summed E-state index contributed by atoms with van der Waals surface area (Å²) in [4.78, 5) is 21.4. The number of anilines is 1. The molecular weight excluding hydrogens is 446 g/mol. The fourth-order valence-corrected chi connectivity index (χ4v) is 4.02. The first-order valence-electron chi connectivity index (χ1n) is 11.8. The Morgan fingerprint density at radius 1 is 0.971 bits per heavy atom. The first-order chi connectivity index (χ1) is 17.1. The van der Waals surface area contributed by atoms with Crippen LogP contribution in [0.1, 0.15) is 6.42 Å². The number of pyridine rings is 1. The van der Waals surface area contributed by atoms with Gasteiger partial charge in [0, 0.05) is 56.1 Å². The molecule has 9 heteroatoms. The molecule has 0 aliphatic carbocycles. The molecule has 0 radical (unpaired) electrons. The second-order valence-corrected chi connectivity index (χ2v) is 8.54. The molecule has 0 saturated carbocycles. The zero-order valence-corrected chi connectivity index (χ0v) is 20.5. The Balaban J connectivity index is 1.29. The summed E-state index contributed by atoms with van der Waals surface area (Å²) in [6.07, 6.45) is 2.62. The summed E-state index contributed by atoms with van der Waals surface area (Å²) < 4.78 is 16.9. The zero-order chi connectivity index (χ0) is 24.6. The van der Waals surface area contributed by atoms with Gasteiger partial charge in [-0.25, -0.2) is 4.79 Å². The fraction of sp³-hybridized carbons (Fsp3) is 0.385. The van der Waals surface area contributed by atoms with Gasteiger partial charge in [0.25, 0.3) is 0 Å². The van der Waals surface area contributed by atoms with Crippen molar-refractivity contribution in [3.63, 3.8) is 0 Å². The number of nitrogens with one attached hydrogen (secondary N) is 2. The highest BCUT2D eigenvalue weighted by Crippen LogP contribution is 2.36. The van der Waals surface area contributed by atoms with Gasteiger partial charge in [0.05, 0.1) is 19.7 Å². The van der Waals surface area contributed by atoms with Crippen LogP contribution in [0.4, 0.5) is 10.5 Å². The highest BCUT2D eigenvalue weighted by atomic mass is 16.5. The number of hydrogen-bond acceptors (Lipinski definition) is 7. The molecule has 9 nitrogen and oxygen atoms in total. The van der Waals surface area contributed by atoms with Crippen molar-refractivity contribution >= 4 is 22.6 Å². The lowest BCUT2D eigenvalue weighted by atomic mass is 10.2. The summed E-state index contributed by atoms with van der Waals surface area (Å²) in [5, 5.41) is 6.60. The number of aromatic nitrogens is 1. The number of nitrogens with zero attached hydrogens (tertiary/aromatic N) is 3. The maximum absolute atomic E-state index is 12.2. The summed E-state index contributed by atoms with van der Waals surface area (Å²) in [5.74, 6) is 2.50. The van der Waals surface area contributed by atoms with E-state index in [1.54, 1.807) is 26.5 Å². The van der Waals surface area contributed by atoms with Crippen molar-refractivity contribution < 1.29 is 19.0 Å². The van der Waals surface area contributed by atoms with E-state index in [1.165, 1.54) is 0 Å². The lowest BCUT2D eigenvalue weighted by Gasteiger charge is -2.32. The fourth-order valence-electron chi connectivity index (χ4n) is 4.02. The van der Waals surface area contributed by atoms with Gasteiger partial charge in [-0.15, -0.1) is 0 Å². The van der Waals surface area contributed by atoms with Crippen LogP contribution in [-0.2, 0) is 0 Å². The first-order valence-corrected chi connectivity index (χ1v) is 11.8. The van der Waals surface area contributed by atoms with Crippen LogP contribution in [0.2, 0.25) is 0 Å². The smallest absolute Gasteiger partial charge is 0.319 e. The summed E-state index contributed by atoms with van der Waals surface area (Å²) in [5.41, 5.74) is 1.43. The minimum atomic E-state index is -0.210. The molecule has 2 aromatic carbocycles. The second kappa shape index (κ2) is 11.7. The molecule has 0 bridgehead atoms. The van der Waals surface area contributed by atoms with Crippen LogP contribution in [0.5, 0.6) is 23.0 Å². The van der Waals surface area contributed by atoms with Crippen LogP contribution in [0, 0.1) is 0 Å². The highest BCUT2D eigenvalue weighted by molar-refractivity contribution is 5.89. The minimum absolute atomic E-state index is 0.210. The standard InChI is InChI=1S/C26H33N5O4/c1-30-13-15-31(16-14-30)12-4-10-28-26(32)29-19-5-7-20(8-6-19)35-23-9-11-27-22-18-25(34-3)24(33-2)17-21(22)23/h5-9,11,17-18H,4,10,12-16H2,1-3H3,(H2,28,29,32). The van der Waals surface area contributed by atoms with Gasteiger partial charge in [-0.1, -0.05) is 0 Å². The molecule has 1 aliphatic rings. The maximum Gasteiger partial charge on any atom is 0.319 e. The first kappa shape index (κ1) is 24.6. The van der Waals surface area contributed by atoms with Crippen LogP contribution >= 0.6 is 0 Å². The summed E-state index contributed by atoms with van der Waals surface area (Å²) >= 11 is 0. The van der Waals surface area contributed by atoms with Crippen molar-refractivity contribution in [2.45, 2.75) is 6.42 Å². The van der Waals surface area contributed by atoms with Gasteiger partial charge in [-0.05, 0) is 56.4 Å². The van der Waals surface area contributed by atoms with E-state index in [9.17, 15) is 4.79 Å². The van der Waals surface area contributed by atoms with Gasteiger partial charge < -0.3 is 34.6 Å². The van der Waals surface area contributed by atoms with Crippen molar-refractivity contribution in [2.24, 2.45) is 0 Å². The number of rotatable bonds is 9. The molecule has 4 rings (SSSR count). The Hall–Kier alpha value is -3.56. The number of carbonyl (C=O) groups excluding carboxylic acids is 1. The van der Waals surface area contributed by atoms with Crippen molar-refractivity contribution in [3.05, 3.63) is 48.7 Å². The molecule has 186 valence electrons. The van der Waals surface area contributed by atoms with E-state index < -0.39 is 0 Å². The Labute approximate surface area is 206 Å². The summed E-state index contributed by atoms with van der Waals surface area (Å²) in [6.45, 7) is 6.04. The normalized spacial score (nSPS) is 14.5. The lowest BCUT2D eigenvalue weighted by molar-refractivity contribution is 0.153. The topological polar surface area (TPSA) is 88.2 Å². The Bertz CT molecular complexity index is 1130. The number of urea groups is 1. The predicted molar refractivity (Wildman–Crippen MR) is 137 cm³/mol. The number of hydrogen-bond donors (Lipinski definition) is 2. The number of benzene rings is 2. The summed E-state index contributed by atoms with van der Waals surface area (Å²) in [6, 6.07) is 12.5. The van der Waals surface area contributed by atoms with Crippen LogP contribution in [0.25, 0.3) is 10.9 Å². The van der Waals surface area contributed by atoms with Gasteiger partial charge in [0.2, 0.25) is 0 Å². The molecule has 3 aromatic rings. The SMILES string of the molecule is COc1cc2nccc(Oc3ccc(NC(=O)NCCCN4CCN(C)CC4)cc3)c2cc1OC. The minimum Gasteiger partial charge on any atom is -0.493 e. The second-order valence-electron chi connectivity index (χ2n) is 8.54. The van der Waals surface area contributed by atoms with Crippen LogP contribution in [-0.4, -0.2) is 81.4 Å². The van der Waals surface area contributed by atoms with Crippen molar-refractivity contribution in [3.8, 4) is 23.0 Å². The Morgan fingerprint density at radius 2 is 1.69 bits per heavy atom. The van der Waals surface area contributed by atoms with Gasteiger partial charge in [0.1, 0.15) is 11.5 Å². The molecule has 2 amide bonds. The van der Waals surface area contributed by atoms with Crippen molar-refractivity contribution in [1.82, 2.24) is 20.1 Å². The van der Waals surface area contributed by atoms with E-state index in [4.69, 9.17) is 14.2 Å². The largest absolute Gasteiger partial charge is 0.493 e. The van der Waals surface area contributed by atoms with Gasteiger partial charge in [0.15, 0.2) is 11.5 Å². The third kappa shape index (κ3) is 6.52. The number of carbonyl (C=O) groups is 1. The maximum atomic E-state index is 12.2. The third-order valence-corrected chi connectivity index (χ3v) is 6.08. The van der Waals surface area contributed by atoms with Gasteiger partial charge in [-0.3, -0.25) is 4.98 Å². The van der Waals surface area contributed by atoms with Gasteiger partial charge >= 0.3 is 6.03 Å². The highest BCUT2D eigenvalue weighted by Gasteiger charge is 2.13. The molecule has 2 heterocycles. The number of methoxy groups -OCH3 is 2. The Kier molecular flexibility index (Phi) is 8.23. The quantitative estimate of drug-likeness (QED) is 0.451. The van der Waals surface area contributed by atoms with E-state index in [1.807, 2.05) is 36.4 Å². The zero-order valence-electron chi connectivity index (χ0n) is 20.5.